The zero-order valence-electron chi connectivity index (χ0n) is 34.5. The van der Waals surface area contributed by atoms with E-state index in [9.17, 15) is 0 Å². The Morgan fingerprint density at radius 3 is 1.38 bits per heavy atom. The third kappa shape index (κ3) is 5.19. The number of benzene rings is 10. The number of hydrogen-bond acceptors (Lipinski definition) is 1. The van der Waals surface area contributed by atoms with Crippen LogP contribution >= 0.6 is 0 Å². The van der Waals surface area contributed by atoms with Crippen LogP contribution in [0.25, 0.3) is 72.0 Å². The second kappa shape index (κ2) is 13.9. The highest BCUT2D eigenvalue weighted by atomic mass is 15.1. The van der Waals surface area contributed by atoms with Crippen molar-refractivity contribution in [2.75, 3.05) is 4.90 Å². The summed E-state index contributed by atoms with van der Waals surface area (Å²) in [5, 5.41) is 2.44. The van der Waals surface area contributed by atoms with Crippen molar-refractivity contribution in [3.63, 3.8) is 0 Å². The second-order valence-corrected chi connectivity index (χ2v) is 16.8. The van der Waals surface area contributed by atoms with Gasteiger partial charge in [-0.15, -0.1) is 0 Å². The minimum atomic E-state index is -0.579. The van der Waals surface area contributed by atoms with Gasteiger partial charge in [-0.2, -0.15) is 0 Å². The summed E-state index contributed by atoms with van der Waals surface area (Å²) < 4.78 is 2.39. The lowest BCUT2D eigenvalue weighted by Gasteiger charge is -2.36. The molecule has 2 aliphatic carbocycles. The predicted molar refractivity (Wildman–Crippen MR) is 263 cm³/mol. The molecule has 0 atom stereocenters. The number of anilines is 3. The maximum absolute atomic E-state index is 2.51. The Hall–Kier alpha value is -8.20. The summed E-state index contributed by atoms with van der Waals surface area (Å²) in [6.07, 6.45) is 0. The lowest BCUT2D eigenvalue weighted by atomic mass is 9.66. The molecule has 10 aromatic carbocycles. The predicted octanol–water partition coefficient (Wildman–Crippen LogP) is 15.9. The first-order chi connectivity index (χ1) is 31.3. The van der Waals surface area contributed by atoms with Crippen molar-refractivity contribution in [1.82, 2.24) is 4.57 Å². The van der Waals surface area contributed by atoms with Gasteiger partial charge in [0.25, 0.3) is 0 Å². The fraction of sp³-hybridized carbons (Fsp3) is 0.0164. The standard InChI is InChI=1S/C61H40N2/c1-3-17-41(18-4-1)42-31-33-44(34-32-42)62(45-36-38-60-54(39-45)53-26-12-16-30-59(53)63(60)43-19-5-2-6-20-43)46-35-37-52-48-22-8-7-21-47(48)49-23-9-13-27-55(49)61(58(52)40-46)56-28-14-10-24-50(56)51-25-11-15-29-57(51)61/h1-40H. The van der Waals surface area contributed by atoms with Gasteiger partial charge in [0.1, 0.15) is 0 Å². The highest BCUT2D eigenvalue weighted by Crippen LogP contribution is 2.62. The molecule has 0 amide bonds. The van der Waals surface area contributed by atoms with Crippen LogP contribution in [0.15, 0.2) is 243 Å². The van der Waals surface area contributed by atoms with Crippen LogP contribution in [-0.2, 0) is 5.41 Å². The molecule has 0 saturated heterocycles. The van der Waals surface area contributed by atoms with Crippen molar-refractivity contribution in [2.45, 2.75) is 5.41 Å². The molecule has 1 heterocycles. The Bertz CT molecular complexity index is 3520. The fourth-order valence-corrected chi connectivity index (χ4v) is 11.0. The molecule has 0 bridgehead atoms. The monoisotopic (exact) mass is 800 g/mol. The third-order valence-corrected chi connectivity index (χ3v) is 13.6. The molecule has 63 heavy (non-hydrogen) atoms. The van der Waals surface area contributed by atoms with Gasteiger partial charge in [-0.05, 0) is 127 Å². The Morgan fingerprint density at radius 2 is 0.730 bits per heavy atom. The molecule has 0 saturated carbocycles. The van der Waals surface area contributed by atoms with Crippen LogP contribution in [0.5, 0.6) is 0 Å². The number of nitrogens with zero attached hydrogens (tertiary/aromatic N) is 2. The van der Waals surface area contributed by atoms with Crippen molar-refractivity contribution >= 4 is 38.9 Å². The van der Waals surface area contributed by atoms with Gasteiger partial charge in [-0.25, -0.2) is 0 Å². The summed E-state index contributed by atoms with van der Waals surface area (Å²) in [7, 11) is 0. The van der Waals surface area contributed by atoms with E-state index in [-0.39, 0.29) is 0 Å². The molecule has 2 heteroatoms. The number of hydrogen-bond donors (Lipinski definition) is 0. The molecule has 11 aromatic rings. The quantitative estimate of drug-likeness (QED) is 0.168. The summed E-state index contributed by atoms with van der Waals surface area (Å²) in [4.78, 5) is 2.46. The van der Waals surface area contributed by atoms with E-state index in [1.165, 1.54) is 88.6 Å². The van der Waals surface area contributed by atoms with Gasteiger partial charge in [-0.3, -0.25) is 0 Å². The highest BCUT2D eigenvalue weighted by molar-refractivity contribution is 6.11. The van der Waals surface area contributed by atoms with Crippen molar-refractivity contribution < 1.29 is 0 Å². The van der Waals surface area contributed by atoms with Gasteiger partial charge in [0, 0.05) is 33.5 Å². The first kappa shape index (κ1) is 35.5. The molecule has 2 aliphatic rings. The number of aromatic nitrogens is 1. The van der Waals surface area contributed by atoms with Crippen molar-refractivity contribution in [3.05, 3.63) is 265 Å². The molecule has 0 radical (unpaired) electrons. The van der Waals surface area contributed by atoms with E-state index in [1.807, 2.05) is 0 Å². The summed E-state index contributed by atoms with van der Waals surface area (Å²) in [6.45, 7) is 0. The summed E-state index contributed by atoms with van der Waals surface area (Å²) in [5.41, 5.74) is 21.5. The maximum Gasteiger partial charge on any atom is 0.0726 e. The summed E-state index contributed by atoms with van der Waals surface area (Å²) in [5.74, 6) is 0. The first-order valence-corrected chi connectivity index (χ1v) is 21.8. The smallest absolute Gasteiger partial charge is 0.0726 e. The zero-order chi connectivity index (χ0) is 41.5. The number of fused-ring (bicyclic) bond motifs is 15. The zero-order valence-corrected chi connectivity index (χ0v) is 34.5. The Balaban J connectivity index is 1.11. The van der Waals surface area contributed by atoms with E-state index in [1.54, 1.807) is 0 Å². The van der Waals surface area contributed by atoms with Crippen molar-refractivity contribution in [1.29, 1.82) is 0 Å². The Labute approximate surface area is 367 Å². The molecule has 2 nitrogen and oxygen atoms in total. The lowest BCUT2D eigenvalue weighted by molar-refractivity contribution is 0.775. The maximum atomic E-state index is 2.51. The van der Waals surface area contributed by atoms with Gasteiger partial charge < -0.3 is 9.47 Å². The third-order valence-electron chi connectivity index (χ3n) is 13.6. The summed E-state index contributed by atoms with van der Waals surface area (Å²) in [6, 6.07) is 89.8. The van der Waals surface area contributed by atoms with Crippen LogP contribution in [0.4, 0.5) is 17.1 Å². The van der Waals surface area contributed by atoms with Crippen LogP contribution in [-0.4, -0.2) is 4.57 Å². The van der Waals surface area contributed by atoms with Gasteiger partial charge >= 0.3 is 0 Å². The Kier molecular flexibility index (Phi) is 7.85. The highest BCUT2D eigenvalue weighted by Gasteiger charge is 2.49. The lowest BCUT2D eigenvalue weighted by Crippen LogP contribution is -2.29. The van der Waals surface area contributed by atoms with E-state index >= 15 is 0 Å². The molecule has 0 fully saturated rings. The van der Waals surface area contributed by atoms with Crippen molar-refractivity contribution in [3.8, 4) is 50.2 Å². The van der Waals surface area contributed by atoms with E-state index in [4.69, 9.17) is 0 Å². The number of rotatable bonds is 5. The van der Waals surface area contributed by atoms with Gasteiger partial charge in [0.2, 0.25) is 0 Å². The van der Waals surface area contributed by atoms with Crippen LogP contribution in [0.3, 0.4) is 0 Å². The Morgan fingerprint density at radius 1 is 0.286 bits per heavy atom. The van der Waals surface area contributed by atoms with Crippen molar-refractivity contribution in [2.24, 2.45) is 0 Å². The minimum absolute atomic E-state index is 0.579. The van der Waals surface area contributed by atoms with Crippen LogP contribution < -0.4 is 4.90 Å². The molecule has 0 N–H and O–H groups in total. The molecule has 294 valence electrons. The summed E-state index contributed by atoms with van der Waals surface area (Å²) >= 11 is 0. The largest absolute Gasteiger partial charge is 0.310 e. The second-order valence-electron chi connectivity index (χ2n) is 16.8. The van der Waals surface area contributed by atoms with Crippen LogP contribution in [0.1, 0.15) is 22.3 Å². The van der Waals surface area contributed by atoms with E-state index in [2.05, 4.69) is 252 Å². The average molecular weight is 801 g/mol. The van der Waals surface area contributed by atoms with Gasteiger partial charge in [0.15, 0.2) is 0 Å². The average Bonchev–Trinajstić information content (AvgIpc) is 3.82. The topological polar surface area (TPSA) is 8.17 Å². The van der Waals surface area contributed by atoms with E-state index < -0.39 is 5.41 Å². The molecule has 1 spiro atoms. The van der Waals surface area contributed by atoms with Gasteiger partial charge in [-0.1, -0.05) is 182 Å². The molecule has 0 unspecified atom stereocenters. The molecule has 13 rings (SSSR count). The fourth-order valence-electron chi connectivity index (χ4n) is 11.0. The SMILES string of the molecule is c1ccc(-c2ccc(N(c3ccc4c(c3)C3(c5ccccc5-c5ccccc5-4)c4ccccc4-c4ccccc43)c3ccc4c(c3)c3ccccc3n4-c3ccccc3)cc2)cc1. The molecule has 0 aliphatic heterocycles. The van der Waals surface area contributed by atoms with Crippen LogP contribution in [0, 0.1) is 0 Å². The molecule has 1 aromatic heterocycles. The minimum Gasteiger partial charge on any atom is -0.310 e. The van der Waals surface area contributed by atoms with E-state index in [0.29, 0.717) is 0 Å². The molecular formula is C61H40N2. The van der Waals surface area contributed by atoms with Gasteiger partial charge in [0.05, 0.1) is 16.4 Å². The number of para-hydroxylation sites is 2. The normalized spacial score (nSPS) is 12.9. The van der Waals surface area contributed by atoms with Crippen LogP contribution in [0.2, 0.25) is 0 Å². The molecular weight excluding hydrogens is 761 g/mol. The van der Waals surface area contributed by atoms with E-state index in [0.717, 1.165) is 22.7 Å². The first-order valence-electron chi connectivity index (χ1n) is 21.8.